The molecule has 0 saturated heterocycles. The summed E-state index contributed by atoms with van der Waals surface area (Å²) in [5.41, 5.74) is 2.97. The first-order chi connectivity index (χ1) is 13.1. The Bertz CT molecular complexity index is 932. The van der Waals surface area contributed by atoms with Gasteiger partial charge in [0.2, 0.25) is 0 Å². The van der Waals surface area contributed by atoms with Crippen molar-refractivity contribution in [1.29, 1.82) is 0 Å². The average Bonchev–Trinajstić information content (AvgIpc) is 3.26. The van der Waals surface area contributed by atoms with E-state index in [1.165, 1.54) is 10.9 Å². The van der Waals surface area contributed by atoms with Gasteiger partial charge >= 0.3 is 5.97 Å². The molecular weight excluding hydrogens is 348 g/mol. The van der Waals surface area contributed by atoms with Gasteiger partial charge in [0.15, 0.2) is 0 Å². The van der Waals surface area contributed by atoms with Crippen LogP contribution < -0.4 is 5.32 Å². The number of carboxylic acid groups (broad SMARTS) is 1. The van der Waals surface area contributed by atoms with E-state index in [1.807, 2.05) is 41.9 Å². The zero-order chi connectivity index (χ0) is 19.2. The number of carbonyl (C=O) groups excluding carboxylic acids is 1. The van der Waals surface area contributed by atoms with E-state index in [9.17, 15) is 9.59 Å². The summed E-state index contributed by atoms with van der Waals surface area (Å²) in [5.74, 6) is -1.26. The summed E-state index contributed by atoms with van der Waals surface area (Å²) in [6.07, 6.45) is 3.73. The Hall–Kier alpha value is -3.49. The smallest absolute Gasteiger partial charge is 0.325 e. The highest BCUT2D eigenvalue weighted by Gasteiger charge is 2.16. The van der Waals surface area contributed by atoms with Crippen molar-refractivity contribution in [2.24, 2.45) is 0 Å². The van der Waals surface area contributed by atoms with Crippen molar-refractivity contribution >= 4 is 11.9 Å². The monoisotopic (exact) mass is 368 g/mol. The minimum Gasteiger partial charge on any atom is -0.480 e. The van der Waals surface area contributed by atoms with Gasteiger partial charge in [-0.2, -0.15) is 5.10 Å². The van der Waals surface area contributed by atoms with E-state index in [2.05, 4.69) is 20.7 Å². The minimum atomic E-state index is -1.01. The van der Waals surface area contributed by atoms with Crippen LogP contribution in [-0.4, -0.2) is 41.8 Å². The number of aliphatic carboxylic acids is 1. The molecule has 9 heteroatoms. The lowest BCUT2D eigenvalue weighted by Gasteiger charge is -2.08. The second-order valence-electron chi connectivity index (χ2n) is 5.99. The summed E-state index contributed by atoms with van der Waals surface area (Å²) in [6, 6.07) is 9.92. The Morgan fingerprint density at radius 1 is 1.22 bits per heavy atom. The molecule has 0 saturated carbocycles. The Kier molecular flexibility index (Phi) is 5.60. The Morgan fingerprint density at radius 2 is 2.00 bits per heavy atom. The van der Waals surface area contributed by atoms with Gasteiger partial charge in [0.1, 0.15) is 12.2 Å². The molecule has 0 spiro atoms. The van der Waals surface area contributed by atoms with Crippen LogP contribution in [0.1, 0.15) is 34.2 Å². The largest absolute Gasteiger partial charge is 0.480 e. The number of benzene rings is 1. The van der Waals surface area contributed by atoms with Gasteiger partial charge in [-0.3, -0.25) is 14.3 Å². The lowest BCUT2D eigenvalue weighted by atomic mass is 10.1. The fourth-order valence-corrected chi connectivity index (χ4v) is 2.77. The van der Waals surface area contributed by atoms with E-state index >= 15 is 0 Å². The number of carboxylic acids is 1. The van der Waals surface area contributed by atoms with Gasteiger partial charge < -0.3 is 10.4 Å². The topological polar surface area (TPSA) is 115 Å². The summed E-state index contributed by atoms with van der Waals surface area (Å²) in [5, 5.41) is 23.4. The summed E-state index contributed by atoms with van der Waals surface area (Å²) < 4.78 is 3.03. The molecule has 0 fully saturated rings. The summed E-state index contributed by atoms with van der Waals surface area (Å²) in [4.78, 5) is 23.2. The van der Waals surface area contributed by atoms with Crippen LogP contribution in [-0.2, 0) is 30.8 Å². The van der Waals surface area contributed by atoms with Gasteiger partial charge in [0.05, 0.1) is 36.7 Å². The van der Waals surface area contributed by atoms with Crippen LogP contribution >= 0.6 is 0 Å². The number of rotatable bonds is 8. The Labute approximate surface area is 155 Å². The molecule has 1 aromatic carbocycles. The normalized spacial score (nSPS) is 10.7. The third kappa shape index (κ3) is 4.57. The van der Waals surface area contributed by atoms with Gasteiger partial charge in [-0.05, 0) is 12.0 Å². The highest BCUT2D eigenvalue weighted by atomic mass is 16.4. The molecule has 3 rings (SSSR count). The summed E-state index contributed by atoms with van der Waals surface area (Å²) >= 11 is 0. The van der Waals surface area contributed by atoms with Gasteiger partial charge in [-0.25, -0.2) is 4.68 Å². The number of carbonyl (C=O) groups is 2. The number of hydrogen-bond acceptors (Lipinski definition) is 5. The first kappa shape index (κ1) is 18.3. The van der Waals surface area contributed by atoms with Crippen LogP contribution in [0.5, 0.6) is 0 Å². The van der Waals surface area contributed by atoms with E-state index in [-0.39, 0.29) is 19.0 Å². The summed E-state index contributed by atoms with van der Waals surface area (Å²) in [6.45, 7) is 2.46. The molecule has 1 amide bonds. The quantitative estimate of drug-likeness (QED) is 0.615. The standard InChI is InChI=1S/C18H20N6O3/c1-2-16-15(9-20-24(16)10-13-6-4-3-5-7-13)18(27)19-8-14-11-23(22-21-14)12-17(25)26/h3-7,9,11H,2,8,10,12H2,1H3,(H,19,27)(H,25,26). The third-order valence-corrected chi connectivity index (χ3v) is 4.02. The zero-order valence-electron chi connectivity index (χ0n) is 14.9. The molecule has 2 heterocycles. The number of amides is 1. The van der Waals surface area contributed by atoms with Crippen LogP contribution in [0, 0.1) is 0 Å². The predicted octanol–water partition coefficient (Wildman–Crippen LogP) is 1.10. The second-order valence-corrected chi connectivity index (χ2v) is 5.99. The van der Waals surface area contributed by atoms with Crippen LogP contribution in [0.25, 0.3) is 0 Å². The van der Waals surface area contributed by atoms with Crippen LogP contribution in [0.3, 0.4) is 0 Å². The van der Waals surface area contributed by atoms with Crippen molar-refractivity contribution in [3.63, 3.8) is 0 Å². The van der Waals surface area contributed by atoms with Crippen LogP contribution in [0.2, 0.25) is 0 Å². The molecule has 140 valence electrons. The molecule has 0 unspecified atom stereocenters. The molecular formula is C18H20N6O3. The van der Waals surface area contributed by atoms with Crippen molar-refractivity contribution in [2.75, 3.05) is 0 Å². The van der Waals surface area contributed by atoms with E-state index in [1.54, 1.807) is 6.20 Å². The van der Waals surface area contributed by atoms with Gasteiger partial charge in [-0.1, -0.05) is 42.5 Å². The maximum atomic E-state index is 12.5. The lowest BCUT2D eigenvalue weighted by Crippen LogP contribution is -2.24. The molecule has 0 bridgehead atoms. The zero-order valence-corrected chi connectivity index (χ0v) is 14.9. The SMILES string of the molecule is CCc1c(C(=O)NCc2cn(CC(=O)O)nn2)cnn1Cc1ccccc1. The van der Waals surface area contributed by atoms with Crippen LogP contribution in [0.15, 0.2) is 42.7 Å². The highest BCUT2D eigenvalue weighted by molar-refractivity contribution is 5.95. The molecule has 0 radical (unpaired) electrons. The van der Waals surface area contributed by atoms with Gasteiger partial charge in [0.25, 0.3) is 5.91 Å². The fourth-order valence-electron chi connectivity index (χ4n) is 2.77. The van der Waals surface area contributed by atoms with Crippen molar-refractivity contribution in [3.8, 4) is 0 Å². The van der Waals surface area contributed by atoms with Crippen molar-refractivity contribution in [2.45, 2.75) is 33.0 Å². The molecule has 0 atom stereocenters. The van der Waals surface area contributed by atoms with E-state index in [0.29, 0.717) is 24.2 Å². The number of hydrogen-bond donors (Lipinski definition) is 2. The van der Waals surface area contributed by atoms with E-state index < -0.39 is 5.97 Å². The van der Waals surface area contributed by atoms with Crippen molar-refractivity contribution in [3.05, 3.63) is 65.2 Å². The highest BCUT2D eigenvalue weighted by Crippen LogP contribution is 2.12. The maximum absolute atomic E-state index is 12.5. The van der Waals surface area contributed by atoms with Gasteiger partial charge in [0, 0.05) is 0 Å². The number of aromatic nitrogens is 5. The molecule has 9 nitrogen and oxygen atoms in total. The molecule has 3 aromatic rings. The molecule has 0 aliphatic heterocycles. The van der Waals surface area contributed by atoms with Crippen LogP contribution in [0.4, 0.5) is 0 Å². The Balaban J connectivity index is 1.66. The summed E-state index contributed by atoms with van der Waals surface area (Å²) in [7, 11) is 0. The first-order valence-electron chi connectivity index (χ1n) is 8.54. The molecule has 2 N–H and O–H groups in total. The predicted molar refractivity (Wildman–Crippen MR) is 96.0 cm³/mol. The second kappa shape index (κ2) is 8.26. The fraction of sp³-hybridized carbons (Fsp3) is 0.278. The van der Waals surface area contributed by atoms with Crippen molar-refractivity contribution < 1.29 is 14.7 Å². The molecule has 0 aliphatic carbocycles. The molecule has 27 heavy (non-hydrogen) atoms. The van der Waals surface area contributed by atoms with E-state index in [0.717, 1.165) is 11.3 Å². The number of nitrogens with zero attached hydrogens (tertiary/aromatic N) is 5. The van der Waals surface area contributed by atoms with Crippen molar-refractivity contribution in [1.82, 2.24) is 30.1 Å². The minimum absolute atomic E-state index is 0.158. The first-order valence-corrected chi connectivity index (χ1v) is 8.54. The lowest BCUT2D eigenvalue weighted by molar-refractivity contribution is -0.137. The Morgan fingerprint density at radius 3 is 2.70 bits per heavy atom. The molecule has 2 aromatic heterocycles. The maximum Gasteiger partial charge on any atom is 0.325 e. The third-order valence-electron chi connectivity index (χ3n) is 4.02. The average molecular weight is 368 g/mol. The number of nitrogens with one attached hydrogen (secondary N) is 1. The van der Waals surface area contributed by atoms with Gasteiger partial charge in [-0.15, -0.1) is 5.10 Å². The van der Waals surface area contributed by atoms with E-state index in [4.69, 9.17) is 5.11 Å². The molecule has 0 aliphatic rings.